The van der Waals surface area contributed by atoms with E-state index < -0.39 is 6.10 Å². The summed E-state index contributed by atoms with van der Waals surface area (Å²) in [6, 6.07) is 17.9. The number of halogens is 1. The van der Waals surface area contributed by atoms with Crippen LogP contribution in [0, 0.1) is 13.8 Å². The van der Waals surface area contributed by atoms with Gasteiger partial charge >= 0.3 is 0 Å². The van der Waals surface area contributed by atoms with Crippen molar-refractivity contribution in [2.75, 3.05) is 0 Å². The zero-order chi connectivity index (χ0) is 15.0. The first kappa shape index (κ1) is 14.1. The first-order chi connectivity index (χ1) is 10.1. The smallest absolute Gasteiger partial charge is 0.106 e. The van der Waals surface area contributed by atoms with Crippen molar-refractivity contribution in [3.63, 3.8) is 0 Å². The van der Waals surface area contributed by atoms with E-state index in [0.717, 1.165) is 27.5 Å². The van der Waals surface area contributed by atoms with Gasteiger partial charge in [-0.25, -0.2) is 0 Å². The lowest BCUT2D eigenvalue weighted by Crippen LogP contribution is -2.02. The van der Waals surface area contributed by atoms with Crippen molar-refractivity contribution in [2.45, 2.75) is 20.0 Å². The fourth-order valence-electron chi connectivity index (χ4n) is 2.76. The third-order valence-electron chi connectivity index (χ3n) is 3.99. The summed E-state index contributed by atoms with van der Waals surface area (Å²) in [5.74, 6) is 0. The van der Waals surface area contributed by atoms with Crippen molar-refractivity contribution < 1.29 is 5.11 Å². The maximum atomic E-state index is 10.8. The zero-order valence-electron chi connectivity index (χ0n) is 12.1. The number of aliphatic hydroxyl groups excluding tert-OH is 1. The van der Waals surface area contributed by atoms with Crippen molar-refractivity contribution in [3.8, 4) is 0 Å². The molecular formula is C19H17ClO. The summed E-state index contributed by atoms with van der Waals surface area (Å²) < 4.78 is 0. The van der Waals surface area contributed by atoms with Crippen LogP contribution in [0.2, 0.25) is 5.02 Å². The lowest BCUT2D eigenvalue weighted by atomic mass is 9.93. The minimum Gasteiger partial charge on any atom is -0.384 e. The fraction of sp³-hybridized carbons (Fsp3) is 0.158. The van der Waals surface area contributed by atoms with Crippen molar-refractivity contribution in [2.24, 2.45) is 0 Å². The molecule has 1 atom stereocenters. The second-order valence-corrected chi connectivity index (χ2v) is 5.78. The Kier molecular flexibility index (Phi) is 3.71. The zero-order valence-corrected chi connectivity index (χ0v) is 12.9. The van der Waals surface area contributed by atoms with E-state index in [2.05, 4.69) is 13.0 Å². The summed E-state index contributed by atoms with van der Waals surface area (Å²) in [6.45, 7) is 4.03. The molecule has 2 heteroatoms. The summed E-state index contributed by atoms with van der Waals surface area (Å²) in [6.07, 6.45) is -0.720. The van der Waals surface area contributed by atoms with Crippen LogP contribution in [0.5, 0.6) is 0 Å². The number of aryl methyl sites for hydroxylation is 2. The molecule has 0 saturated carbocycles. The molecule has 0 aliphatic rings. The number of aliphatic hydroxyl groups is 1. The van der Waals surface area contributed by atoms with Crippen LogP contribution >= 0.6 is 11.6 Å². The number of rotatable bonds is 2. The summed E-state index contributed by atoms with van der Waals surface area (Å²) in [7, 11) is 0. The second kappa shape index (κ2) is 5.51. The van der Waals surface area contributed by atoms with Gasteiger partial charge in [-0.3, -0.25) is 0 Å². The van der Waals surface area contributed by atoms with Gasteiger partial charge in [0.2, 0.25) is 0 Å². The summed E-state index contributed by atoms with van der Waals surface area (Å²) >= 11 is 6.36. The van der Waals surface area contributed by atoms with Gasteiger partial charge in [0.1, 0.15) is 6.10 Å². The van der Waals surface area contributed by atoms with Gasteiger partial charge in [-0.2, -0.15) is 0 Å². The van der Waals surface area contributed by atoms with Crippen LogP contribution < -0.4 is 0 Å². The van der Waals surface area contributed by atoms with Crippen molar-refractivity contribution >= 4 is 22.4 Å². The van der Waals surface area contributed by atoms with Crippen LogP contribution in [0.3, 0.4) is 0 Å². The Bertz CT molecular complexity index is 808. The molecule has 3 aromatic rings. The highest BCUT2D eigenvalue weighted by Gasteiger charge is 2.17. The highest BCUT2D eigenvalue weighted by atomic mass is 35.5. The molecule has 1 nitrogen and oxygen atoms in total. The Morgan fingerprint density at radius 1 is 0.762 bits per heavy atom. The summed E-state index contributed by atoms with van der Waals surface area (Å²) in [5.41, 5.74) is 3.83. The average molecular weight is 297 g/mol. The fourth-order valence-corrected chi connectivity index (χ4v) is 2.99. The molecule has 0 fully saturated rings. The second-order valence-electron chi connectivity index (χ2n) is 5.40. The largest absolute Gasteiger partial charge is 0.384 e. The Morgan fingerprint density at radius 2 is 1.48 bits per heavy atom. The van der Waals surface area contributed by atoms with Crippen LogP contribution in [-0.4, -0.2) is 5.11 Å². The molecule has 0 heterocycles. The molecule has 0 aromatic heterocycles. The monoisotopic (exact) mass is 296 g/mol. The molecule has 1 N–H and O–H groups in total. The third kappa shape index (κ3) is 2.44. The summed E-state index contributed by atoms with van der Waals surface area (Å²) in [5, 5.41) is 13.7. The normalized spacial score (nSPS) is 12.6. The first-order valence-electron chi connectivity index (χ1n) is 7.01. The molecule has 0 amide bonds. The van der Waals surface area contributed by atoms with E-state index >= 15 is 0 Å². The Morgan fingerprint density at radius 3 is 2.24 bits per heavy atom. The lowest BCUT2D eigenvalue weighted by Gasteiger charge is -2.17. The van der Waals surface area contributed by atoms with E-state index in [9.17, 15) is 5.11 Å². The lowest BCUT2D eigenvalue weighted by molar-refractivity contribution is 0.222. The highest BCUT2D eigenvalue weighted by Crippen LogP contribution is 2.34. The predicted octanol–water partition coefficient (Wildman–Crippen LogP) is 5.19. The van der Waals surface area contributed by atoms with Crippen LogP contribution in [-0.2, 0) is 0 Å². The molecule has 0 saturated heterocycles. The molecule has 1 unspecified atom stereocenters. The molecule has 3 rings (SSSR count). The average Bonchev–Trinajstić information content (AvgIpc) is 2.50. The molecular weight excluding hydrogens is 280 g/mol. The van der Waals surface area contributed by atoms with Gasteiger partial charge in [0.25, 0.3) is 0 Å². The van der Waals surface area contributed by atoms with Gasteiger partial charge in [-0.15, -0.1) is 0 Å². The number of fused-ring (bicyclic) bond motifs is 1. The third-order valence-corrected chi connectivity index (χ3v) is 4.50. The van der Waals surface area contributed by atoms with Gasteiger partial charge in [-0.1, -0.05) is 66.2 Å². The van der Waals surface area contributed by atoms with Gasteiger partial charge in [0, 0.05) is 10.6 Å². The summed E-state index contributed by atoms with van der Waals surface area (Å²) in [4.78, 5) is 0. The van der Waals surface area contributed by atoms with Crippen LogP contribution in [0.15, 0.2) is 54.6 Å². The van der Waals surface area contributed by atoms with Crippen LogP contribution in [0.25, 0.3) is 10.8 Å². The maximum Gasteiger partial charge on any atom is 0.106 e. The molecule has 0 aliphatic carbocycles. The minimum atomic E-state index is -0.720. The SMILES string of the molecule is Cc1cccc(C(O)c2ccc(C)c3ccccc23)c1Cl. The quantitative estimate of drug-likeness (QED) is 0.690. The van der Waals surface area contributed by atoms with E-state index in [4.69, 9.17) is 11.6 Å². The standard InChI is InChI=1S/C19H17ClO/c1-12-10-11-16(15-8-4-3-7-14(12)15)19(21)17-9-5-6-13(2)18(17)20/h3-11,19,21H,1-2H3. The Hall–Kier alpha value is -1.83. The molecule has 0 bridgehead atoms. The topological polar surface area (TPSA) is 20.2 Å². The molecule has 0 spiro atoms. The van der Waals surface area contributed by atoms with Gasteiger partial charge in [0.15, 0.2) is 0 Å². The van der Waals surface area contributed by atoms with E-state index in [-0.39, 0.29) is 0 Å². The van der Waals surface area contributed by atoms with E-state index in [1.54, 1.807) is 0 Å². The van der Waals surface area contributed by atoms with Crippen LogP contribution in [0.4, 0.5) is 0 Å². The number of hydrogen-bond donors (Lipinski definition) is 1. The van der Waals surface area contributed by atoms with Gasteiger partial charge < -0.3 is 5.11 Å². The Balaban J connectivity index is 2.21. The molecule has 0 radical (unpaired) electrons. The highest BCUT2D eigenvalue weighted by molar-refractivity contribution is 6.32. The van der Waals surface area contributed by atoms with Gasteiger partial charge in [-0.05, 0) is 41.3 Å². The molecule has 106 valence electrons. The first-order valence-corrected chi connectivity index (χ1v) is 7.38. The van der Waals surface area contributed by atoms with Crippen molar-refractivity contribution in [3.05, 3.63) is 81.9 Å². The number of benzene rings is 3. The predicted molar refractivity (Wildman–Crippen MR) is 88.9 cm³/mol. The molecule has 0 aliphatic heterocycles. The van der Waals surface area contributed by atoms with E-state index in [0.29, 0.717) is 5.02 Å². The van der Waals surface area contributed by atoms with Crippen LogP contribution in [0.1, 0.15) is 28.4 Å². The van der Waals surface area contributed by atoms with Crippen molar-refractivity contribution in [1.82, 2.24) is 0 Å². The van der Waals surface area contributed by atoms with Gasteiger partial charge in [0.05, 0.1) is 0 Å². The minimum absolute atomic E-state index is 0.634. The van der Waals surface area contributed by atoms with Crippen molar-refractivity contribution in [1.29, 1.82) is 0 Å². The molecule has 3 aromatic carbocycles. The number of hydrogen-bond acceptors (Lipinski definition) is 1. The molecule has 21 heavy (non-hydrogen) atoms. The van der Waals surface area contributed by atoms with E-state index in [1.165, 1.54) is 5.56 Å². The Labute approximate surface area is 129 Å². The van der Waals surface area contributed by atoms with E-state index in [1.807, 2.05) is 55.5 Å². The maximum absolute atomic E-state index is 10.8.